The molecule has 25 heavy (non-hydrogen) atoms. The Bertz CT molecular complexity index is 837. The summed E-state index contributed by atoms with van der Waals surface area (Å²) in [6.07, 6.45) is 0. The molecular weight excluding hydrogens is 342 g/mol. The van der Waals surface area contributed by atoms with Crippen molar-refractivity contribution in [1.82, 2.24) is 0 Å². The number of fused-ring (bicyclic) bond motifs is 1. The second-order valence-electron chi connectivity index (χ2n) is 5.59. The topological polar surface area (TPSA) is 93.9 Å². The van der Waals surface area contributed by atoms with Crippen molar-refractivity contribution < 1.29 is 17.9 Å². The maximum Gasteiger partial charge on any atom is 0.261 e. The molecule has 0 saturated heterocycles. The van der Waals surface area contributed by atoms with Crippen LogP contribution in [0.1, 0.15) is 0 Å². The molecule has 0 bridgehead atoms. The Balaban J connectivity index is 1.82. The summed E-state index contributed by atoms with van der Waals surface area (Å²) in [5.41, 5.74) is 7.00. The van der Waals surface area contributed by atoms with Crippen molar-refractivity contribution in [1.29, 1.82) is 0 Å². The second kappa shape index (κ2) is 7.20. The van der Waals surface area contributed by atoms with Gasteiger partial charge in [-0.25, -0.2) is 8.42 Å². The fourth-order valence-corrected chi connectivity index (χ4v) is 3.75. The molecule has 8 heteroatoms. The average Bonchev–Trinajstić information content (AvgIpc) is 2.62. The summed E-state index contributed by atoms with van der Waals surface area (Å²) < 4.78 is 38.3. The number of anilines is 2. The van der Waals surface area contributed by atoms with Crippen molar-refractivity contribution in [3.8, 4) is 11.5 Å². The number of nitrogens with two attached hydrogens (primary N) is 1. The Kier molecular flexibility index (Phi) is 5.00. The summed E-state index contributed by atoms with van der Waals surface area (Å²) in [4.78, 5) is 2.29. The van der Waals surface area contributed by atoms with Crippen LogP contribution in [0.25, 0.3) is 0 Å². The standard InChI is InChI=1S/C17H21N3O4S/c1-23-14-3-5-15(6-4-14)25(21,22)19-13-2-7-16-17(12-13)24-11-10-20(16)9-8-18/h2-7,12,19H,8-11,18H2,1H3. The zero-order chi connectivity index (χ0) is 17.9. The van der Waals surface area contributed by atoms with E-state index in [9.17, 15) is 8.42 Å². The second-order valence-corrected chi connectivity index (χ2v) is 7.27. The van der Waals surface area contributed by atoms with Gasteiger partial charge in [0.05, 0.1) is 29.9 Å². The molecule has 1 aliphatic rings. The van der Waals surface area contributed by atoms with Crippen LogP contribution in [-0.2, 0) is 10.0 Å². The Morgan fingerprint density at radius 2 is 2.00 bits per heavy atom. The smallest absolute Gasteiger partial charge is 0.261 e. The molecule has 3 N–H and O–H groups in total. The average molecular weight is 363 g/mol. The first kappa shape index (κ1) is 17.4. The lowest BCUT2D eigenvalue weighted by atomic mass is 10.2. The first-order chi connectivity index (χ1) is 12.0. The van der Waals surface area contributed by atoms with Crippen molar-refractivity contribution >= 4 is 21.4 Å². The van der Waals surface area contributed by atoms with Gasteiger partial charge in [0, 0.05) is 19.2 Å². The van der Waals surface area contributed by atoms with Crippen LogP contribution in [0.5, 0.6) is 11.5 Å². The zero-order valence-corrected chi connectivity index (χ0v) is 14.8. The molecule has 3 rings (SSSR count). The fourth-order valence-electron chi connectivity index (χ4n) is 2.70. The largest absolute Gasteiger partial charge is 0.497 e. The van der Waals surface area contributed by atoms with E-state index in [1.54, 1.807) is 24.3 Å². The van der Waals surface area contributed by atoms with Gasteiger partial charge in [-0.15, -0.1) is 0 Å². The minimum Gasteiger partial charge on any atom is -0.497 e. The van der Waals surface area contributed by atoms with Crippen molar-refractivity contribution in [3.05, 3.63) is 42.5 Å². The van der Waals surface area contributed by atoms with Gasteiger partial charge >= 0.3 is 0 Å². The molecule has 0 saturated carbocycles. The molecule has 0 radical (unpaired) electrons. The molecule has 1 aliphatic heterocycles. The highest BCUT2D eigenvalue weighted by atomic mass is 32.2. The van der Waals surface area contributed by atoms with Crippen molar-refractivity contribution in [2.75, 3.05) is 43.0 Å². The van der Waals surface area contributed by atoms with E-state index in [1.165, 1.54) is 19.2 Å². The lowest BCUT2D eigenvalue weighted by molar-refractivity contribution is 0.308. The van der Waals surface area contributed by atoms with Gasteiger partial charge in [0.1, 0.15) is 18.1 Å². The molecule has 0 unspecified atom stereocenters. The van der Waals surface area contributed by atoms with E-state index in [2.05, 4.69) is 9.62 Å². The first-order valence-electron chi connectivity index (χ1n) is 7.92. The van der Waals surface area contributed by atoms with Crippen LogP contribution in [0.15, 0.2) is 47.4 Å². The molecule has 0 aliphatic carbocycles. The predicted molar refractivity (Wildman–Crippen MR) is 97.0 cm³/mol. The number of sulfonamides is 1. The Hall–Kier alpha value is -2.45. The number of rotatable bonds is 6. The van der Waals surface area contributed by atoms with E-state index in [0.29, 0.717) is 30.3 Å². The summed E-state index contributed by atoms with van der Waals surface area (Å²) in [7, 11) is -2.15. The highest BCUT2D eigenvalue weighted by molar-refractivity contribution is 7.92. The fraction of sp³-hybridized carbons (Fsp3) is 0.294. The van der Waals surface area contributed by atoms with Crippen LogP contribution in [0.4, 0.5) is 11.4 Å². The molecule has 2 aromatic carbocycles. The van der Waals surface area contributed by atoms with Gasteiger partial charge in [0.25, 0.3) is 10.0 Å². The van der Waals surface area contributed by atoms with Crippen molar-refractivity contribution in [2.45, 2.75) is 4.90 Å². The van der Waals surface area contributed by atoms with E-state index in [1.807, 2.05) is 6.07 Å². The molecule has 7 nitrogen and oxygen atoms in total. The summed E-state index contributed by atoms with van der Waals surface area (Å²) in [6, 6.07) is 11.5. The number of ether oxygens (including phenoxy) is 2. The van der Waals surface area contributed by atoms with E-state index in [0.717, 1.165) is 18.8 Å². The number of nitrogens with one attached hydrogen (secondary N) is 1. The maximum absolute atomic E-state index is 12.5. The van der Waals surface area contributed by atoms with Gasteiger partial charge in [-0.2, -0.15) is 0 Å². The van der Waals surface area contributed by atoms with E-state index in [-0.39, 0.29) is 4.90 Å². The van der Waals surface area contributed by atoms with Gasteiger partial charge in [0.2, 0.25) is 0 Å². The van der Waals surface area contributed by atoms with Gasteiger partial charge < -0.3 is 20.1 Å². The normalized spacial score (nSPS) is 13.8. The van der Waals surface area contributed by atoms with Gasteiger partial charge in [0.15, 0.2) is 0 Å². The van der Waals surface area contributed by atoms with Crippen LogP contribution in [0.3, 0.4) is 0 Å². The lowest BCUT2D eigenvalue weighted by Crippen LogP contribution is -2.36. The molecule has 0 spiro atoms. The van der Waals surface area contributed by atoms with E-state index in [4.69, 9.17) is 15.2 Å². The third-order valence-electron chi connectivity index (χ3n) is 3.94. The number of methoxy groups -OCH3 is 1. The van der Waals surface area contributed by atoms with Gasteiger partial charge in [-0.05, 0) is 36.4 Å². The van der Waals surface area contributed by atoms with Crippen LogP contribution >= 0.6 is 0 Å². The van der Waals surface area contributed by atoms with Crippen LogP contribution in [-0.4, -0.2) is 41.8 Å². The minimum atomic E-state index is -3.68. The molecule has 2 aromatic rings. The highest BCUT2D eigenvalue weighted by Crippen LogP contribution is 2.34. The van der Waals surface area contributed by atoms with Gasteiger partial charge in [-0.1, -0.05) is 0 Å². The predicted octanol–water partition coefficient (Wildman–Crippen LogP) is 1.65. The third kappa shape index (κ3) is 3.80. The monoisotopic (exact) mass is 363 g/mol. The summed E-state index contributed by atoms with van der Waals surface area (Å²) in [5.74, 6) is 1.25. The summed E-state index contributed by atoms with van der Waals surface area (Å²) in [6.45, 7) is 2.58. The number of hydrogen-bond acceptors (Lipinski definition) is 6. The minimum absolute atomic E-state index is 0.164. The molecule has 0 atom stereocenters. The summed E-state index contributed by atoms with van der Waals surface area (Å²) >= 11 is 0. The number of benzene rings is 2. The molecular formula is C17H21N3O4S. The van der Waals surface area contributed by atoms with Crippen LogP contribution in [0, 0.1) is 0 Å². The Labute approximate surface area is 147 Å². The molecule has 0 amide bonds. The van der Waals surface area contributed by atoms with Crippen molar-refractivity contribution in [2.24, 2.45) is 5.73 Å². The highest BCUT2D eigenvalue weighted by Gasteiger charge is 2.20. The first-order valence-corrected chi connectivity index (χ1v) is 9.40. The van der Waals surface area contributed by atoms with Gasteiger partial charge in [-0.3, -0.25) is 4.72 Å². The summed E-state index contributed by atoms with van der Waals surface area (Å²) in [5, 5.41) is 0. The molecule has 1 heterocycles. The molecule has 134 valence electrons. The van der Waals surface area contributed by atoms with E-state index >= 15 is 0 Å². The van der Waals surface area contributed by atoms with Crippen LogP contribution < -0.4 is 24.8 Å². The Morgan fingerprint density at radius 3 is 2.68 bits per heavy atom. The number of nitrogens with zero attached hydrogens (tertiary/aromatic N) is 1. The van der Waals surface area contributed by atoms with E-state index < -0.39 is 10.0 Å². The maximum atomic E-state index is 12.5. The SMILES string of the molecule is COc1ccc(S(=O)(=O)Nc2ccc3c(c2)OCCN3CCN)cc1. The van der Waals surface area contributed by atoms with Crippen molar-refractivity contribution in [3.63, 3.8) is 0 Å². The quantitative estimate of drug-likeness (QED) is 0.811. The number of hydrogen-bond donors (Lipinski definition) is 2. The zero-order valence-electron chi connectivity index (χ0n) is 13.9. The molecule has 0 fully saturated rings. The van der Waals surface area contributed by atoms with Crippen LogP contribution in [0.2, 0.25) is 0 Å². The molecule has 0 aromatic heterocycles. The lowest BCUT2D eigenvalue weighted by Gasteiger charge is -2.31. The Morgan fingerprint density at radius 1 is 1.24 bits per heavy atom. The third-order valence-corrected chi connectivity index (χ3v) is 5.34.